The lowest BCUT2D eigenvalue weighted by Gasteiger charge is -2.02. The molecule has 1 heterocycles. The second kappa shape index (κ2) is 5.36. The van der Waals surface area contributed by atoms with Gasteiger partial charge in [-0.2, -0.15) is 0 Å². The first-order valence-corrected chi connectivity index (χ1v) is 5.83. The molecule has 2 rings (SSSR count). The zero-order chi connectivity index (χ0) is 11.0. The molecule has 86 valence electrons. The Morgan fingerprint density at radius 2 is 2.00 bits per heavy atom. The number of nitrogens with two attached hydrogens (primary N) is 1. The Hall–Kier alpha value is -0.290. The van der Waals surface area contributed by atoms with Gasteiger partial charge < -0.3 is 5.73 Å². The molecule has 0 atom stereocenters. The molecule has 1 aromatic carbocycles. The van der Waals surface area contributed by atoms with Crippen molar-refractivity contribution in [2.45, 2.75) is 6.92 Å². The molecule has 0 fully saturated rings. The number of hydrogen-bond donors (Lipinski definition) is 1. The second-order valence-corrected chi connectivity index (χ2v) is 5.16. The molecule has 16 heavy (non-hydrogen) atoms. The van der Waals surface area contributed by atoms with Crippen LogP contribution in [0.4, 0.5) is 5.13 Å². The zero-order valence-electron chi connectivity index (χ0n) is 8.33. The van der Waals surface area contributed by atoms with E-state index in [1.807, 2.05) is 13.0 Å². The number of halogens is 3. The molecule has 0 saturated carbocycles. The van der Waals surface area contributed by atoms with Crippen molar-refractivity contribution in [1.82, 2.24) is 4.98 Å². The van der Waals surface area contributed by atoms with Crippen molar-refractivity contribution in [3.8, 4) is 11.3 Å². The van der Waals surface area contributed by atoms with E-state index in [1.165, 1.54) is 11.3 Å². The summed E-state index contributed by atoms with van der Waals surface area (Å²) in [6.07, 6.45) is 0. The van der Waals surface area contributed by atoms with Crippen LogP contribution in [-0.4, -0.2) is 4.98 Å². The molecule has 6 heteroatoms. The Kier molecular flexibility index (Phi) is 4.62. The molecule has 2 N–H and O–H groups in total. The number of thiazole rings is 1. The van der Waals surface area contributed by atoms with Gasteiger partial charge in [0, 0.05) is 15.5 Å². The van der Waals surface area contributed by atoms with Crippen LogP contribution in [-0.2, 0) is 0 Å². The Morgan fingerprint density at radius 3 is 2.50 bits per heavy atom. The summed E-state index contributed by atoms with van der Waals surface area (Å²) in [5.41, 5.74) is 7.33. The van der Waals surface area contributed by atoms with E-state index in [-0.39, 0.29) is 17.0 Å². The first-order chi connectivity index (χ1) is 7.08. The van der Waals surface area contributed by atoms with Crippen molar-refractivity contribution in [3.63, 3.8) is 0 Å². The number of aromatic nitrogens is 1. The third kappa shape index (κ3) is 2.69. The van der Waals surface area contributed by atoms with Crippen LogP contribution in [0.1, 0.15) is 4.88 Å². The fourth-order valence-electron chi connectivity index (χ4n) is 1.35. The van der Waals surface area contributed by atoms with E-state index in [9.17, 15) is 0 Å². The van der Waals surface area contributed by atoms with Crippen LogP contribution in [0.5, 0.6) is 0 Å². The zero-order valence-corrected chi connectivity index (χ0v) is 12.4. The van der Waals surface area contributed by atoms with Crippen molar-refractivity contribution in [3.05, 3.63) is 33.1 Å². The van der Waals surface area contributed by atoms with Crippen molar-refractivity contribution >= 4 is 56.7 Å². The maximum atomic E-state index is 6.08. The first kappa shape index (κ1) is 13.8. The Bertz CT molecular complexity index is 514. The lowest BCUT2D eigenvalue weighted by atomic mass is 10.1. The van der Waals surface area contributed by atoms with E-state index < -0.39 is 0 Å². The third-order valence-corrected chi connectivity index (χ3v) is 3.35. The van der Waals surface area contributed by atoms with E-state index in [4.69, 9.17) is 28.9 Å². The minimum atomic E-state index is 0. The van der Waals surface area contributed by atoms with E-state index in [0.29, 0.717) is 15.2 Å². The van der Waals surface area contributed by atoms with E-state index in [2.05, 4.69) is 4.98 Å². The van der Waals surface area contributed by atoms with Gasteiger partial charge in [0.2, 0.25) is 0 Å². The highest BCUT2D eigenvalue weighted by molar-refractivity contribution is 8.93. The summed E-state index contributed by atoms with van der Waals surface area (Å²) < 4.78 is 0. The highest BCUT2D eigenvalue weighted by Gasteiger charge is 2.11. The first-order valence-electron chi connectivity index (χ1n) is 4.26. The topological polar surface area (TPSA) is 38.9 Å². The largest absolute Gasteiger partial charge is 0.375 e. The molecule has 0 radical (unpaired) electrons. The standard InChI is InChI=1S/C10H8Cl2N2S.BrH/c1-5-9(14-10(13)15-5)7-3-2-6(11)4-8(7)12;/h2-4H,1H3,(H2,13,14);1H. The lowest BCUT2D eigenvalue weighted by Crippen LogP contribution is -1.85. The Balaban J connectivity index is 0.00000128. The number of anilines is 1. The number of hydrogen-bond acceptors (Lipinski definition) is 3. The predicted molar refractivity (Wildman–Crippen MR) is 77.0 cm³/mol. The van der Waals surface area contributed by atoms with Crippen LogP contribution < -0.4 is 5.73 Å². The minimum absolute atomic E-state index is 0. The van der Waals surface area contributed by atoms with Crippen LogP contribution in [0, 0.1) is 6.92 Å². The van der Waals surface area contributed by atoms with Gasteiger partial charge in [0.05, 0.1) is 10.7 Å². The average Bonchev–Trinajstić information content (AvgIpc) is 2.45. The number of aryl methyl sites for hydroxylation is 1. The van der Waals surface area contributed by atoms with Crippen molar-refractivity contribution in [1.29, 1.82) is 0 Å². The van der Waals surface area contributed by atoms with Gasteiger partial charge in [-0.1, -0.05) is 23.2 Å². The van der Waals surface area contributed by atoms with Gasteiger partial charge in [-0.3, -0.25) is 0 Å². The molecular weight excluding hydrogens is 331 g/mol. The summed E-state index contributed by atoms with van der Waals surface area (Å²) in [5.74, 6) is 0. The highest BCUT2D eigenvalue weighted by Crippen LogP contribution is 2.34. The van der Waals surface area contributed by atoms with Gasteiger partial charge >= 0.3 is 0 Å². The number of rotatable bonds is 1. The van der Waals surface area contributed by atoms with E-state index in [1.54, 1.807) is 12.1 Å². The fourth-order valence-corrected chi connectivity index (χ4v) is 2.55. The van der Waals surface area contributed by atoms with Crippen molar-refractivity contribution in [2.24, 2.45) is 0 Å². The molecule has 2 aromatic rings. The summed E-state index contributed by atoms with van der Waals surface area (Å²) in [5, 5.41) is 1.76. The average molecular weight is 340 g/mol. The molecule has 0 aliphatic rings. The van der Waals surface area contributed by atoms with Crippen LogP contribution in [0.2, 0.25) is 10.0 Å². The maximum absolute atomic E-state index is 6.08. The Labute approximate surface area is 118 Å². The van der Waals surface area contributed by atoms with Gasteiger partial charge in [0.1, 0.15) is 0 Å². The summed E-state index contributed by atoms with van der Waals surface area (Å²) in [4.78, 5) is 5.29. The molecule has 1 aromatic heterocycles. The summed E-state index contributed by atoms with van der Waals surface area (Å²) in [7, 11) is 0. The fraction of sp³-hybridized carbons (Fsp3) is 0.100. The van der Waals surface area contributed by atoms with Crippen LogP contribution in [0.15, 0.2) is 18.2 Å². The normalized spacial score (nSPS) is 9.94. The quantitative estimate of drug-likeness (QED) is 0.825. The number of nitrogens with zero attached hydrogens (tertiary/aromatic N) is 1. The summed E-state index contributed by atoms with van der Waals surface area (Å²) >= 11 is 13.4. The van der Waals surface area contributed by atoms with Crippen LogP contribution in [0.3, 0.4) is 0 Å². The number of nitrogen functional groups attached to an aromatic ring is 1. The summed E-state index contributed by atoms with van der Waals surface area (Å²) in [6, 6.07) is 5.34. The molecule has 0 spiro atoms. The molecule has 0 aliphatic carbocycles. The van der Waals surface area contributed by atoms with E-state index >= 15 is 0 Å². The van der Waals surface area contributed by atoms with E-state index in [0.717, 1.165) is 16.1 Å². The molecule has 0 saturated heterocycles. The molecule has 0 bridgehead atoms. The smallest absolute Gasteiger partial charge is 0.180 e. The summed E-state index contributed by atoms with van der Waals surface area (Å²) in [6.45, 7) is 1.97. The van der Waals surface area contributed by atoms with Crippen molar-refractivity contribution in [2.75, 3.05) is 5.73 Å². The second-order valence-electron chi connectivity index (χ2n) is 3.08. The maximum Gasteiger partial charge on any atom is 0.180 e. The van der Waals surface area contributed by atoms with Gasteiger partial charge in [0.25, 0.3) is 0 Å². The molecular formula is C10H9BrCl2N2S. The SMILES string of the molecule is Br.Cc1sc(N)nc1-c1ccc(Cl)cc1Cl. The van der Waals surface area contributed by atoms with Gasteiger partial charge in [0.15, 0.2) is 5.13 Å². The highest BCUT2D eigenvalue weighted by atomic mass is 79.9. The minimum Gasteiger partial charge on any atom is -0.375 e. The van der Waals surface area contributed by atoms with Gasteiger partial charge in [-0.15, -0.1) is 28.3 Å². The molecule has 2 nitrogen and oxygen atoms in total. The Morgan fingerprint density at radius 1 is 1.31 bits per heavy atom. The number of benzene rings is 1. The molecule has 0 unspecified atom stereocenters. The van der Waals surface area contributed by atoms with Crippen LogP contribution >= 0.6 is 51.5 Å². The predicted octanol–water partition coefficient (Wildman–Crippen LogP) is 4.59. The third-order valence-electron chi connectivity index (χ3n) is 2.00. The molecule has 0 aliphatic heterocycles. The monoisotopic (exact) mass is 338 g/mol. The molecule has 0 amide bonds. The van der Waals surface area contributed by atoms with Gasteiger partial charge in [-0.05, 0) is 25.1 Å². The van der Waals surface area contributed by atoms with Crippen molar-refractivity contribution < 1.29 is 0 Å². The lowest BCUT2D eigenvalue weighted by molar-refractivity contribution is 1.38. The van der Waals surface area contributed by atoms with Crippen LogP contribution in [0.25, 0.3) is 11.3 Å². The van der Waals surface area contributed by atoms with Gasteiger partial charge in [-0.25, -0.2) is 4.98 Å².